The lowest BCUT2D eigenvalue weighted by Crippen LogP contribution is -2.24. The van der Waals surface area contributed by atoms with Crippen LogP contribution in [-0.4, -0.2) is 11.2 Å². The molecule has 0 radical (unpaired) electrons. The lowest BCUT2D eigenvalue weighted by atomic mass is 10.0. The summed E-state index contributed by atoms with van der Waals surface area (Å²) >= 11 is 5.80. The minimum atomic E-state index is -0.638. The molecule has 0 aliphatic rings. The molecule has 0 amide bonds. The summed E-state index contributed by atoms with van der Waals surface area (Å²) in [5, 5.41) is 9.73. The van der Waals surface area contributed by atoms with Crippen LogP contribution in [0.15, 0.2) is 18.2 Å². The number of nitrogens with two attached hydrogens (primary N) is 2. The Labute approximate surface area is 82.3 Å². The molecule has 1 aromatic rings. The van der Waals surface area contributed by atoms with Crippen LogP contribution in [0.25, 0.3) is 0 Å². The van der Waals surface area contributed by atoms with E-state index >= 15 is 0 Å². The van der Waals surface area contributed by atoms with Crippen LogP contribution in [0, 0.1) is 0 Å². The first kappa shape index (κ1) is 10.3. The molecular formula is C9H13ClN2O. The highest BCUT2D eigenvalue weighted by atomic mass is 35.5. The molecule has 0 bridgehead atoms. The largest absolute Gasteiger partial charge is 0.397 e. The first-order chi connectivity index (χ1) is 6.04. The summed E-state index contributed by atoms with van der Waals surface area (Å²) in [6.07, 6.45) is -0.638. The molecule has 0 fully saturated rings. The molecule has 2 atom stereocenters. The molecular weight excluding hydrogens is 188 g/mol. The van der Waals surface area contributed by atoms with Crippen LogP contribution in [-0.2, 0) is 0 Å². The van der Waals surface area contributed by atoms with E-state index in [0.717, 1.165) is 0 Å². The molecule has 5 N–H and O–H groups in total. The maximum absolute atomic E-state index is 9.27. The van der Waals surface area contributed by atoms with E-state index in [1.165, 1.54) is 0 Å². The van der Waals surface area contributed by atoms with Crippen molar-refractivity contribution in [3.05, 3.63) is 28.8 Å². The van der Waals surface area contributed by atoms with Crippen molar-refractivity contribution in [2.24, 2.45) is 5.73 Å². The van der Waals surface area contributed by atoms with E-state index in [4.69, 9.17) is 23.1 Å². The van der Waals surface area contributed by atoms with E-state index in [2.05, 4.69) is 0 Å². The van der Waals surface area contributed by atoms with E-state index in [0.29, 0.717) is 16.3 Å². The van der Waals surface area contributed by atoms with Gasteiger partial charge in [0.2, 0.25) is 0 Å². The highest BCUT2D eigenvalue weighted by molar-refractivity contribution is 6.33. The van der Waals surface area contributed by atoms with Crippen molar-refractivity contribution in [3.8, 4) is 0 Å². The number of rotatable bonds is 2. The standard InChI is InChI=1S/C9H13ClN2O/c1-5(13)8(11)6-3-2-4-7(10)9(6)12/h2-5,8,13H,11-12H2,1H3/t5?,8-/m1/s1. The monoisotopic (exact) mass is 200 g/mol. The van der Waals surface area contributed by atoms with Gasteiger partial charge in [-0.1, -0.05) is 23.7 Å². The Kier molecular flexibility index (Phi) is 3.14. The fourth-order valence-electron chi connectivity index (χ4n) is 1.10. The maximum atomic E-state index is 9.27. The van der Waals surface area contributed by atoms with Crippen molar-refractivity contribution in [1.82, 2.24) is 0 Å². The van der Waals surface area contributed by atoms with Crippen LogP contribution in [0.5, 0.6) is 0 Å². The van der Waals surface area contributed by atoms with Crippen LogP contribution in [0.3, 0.4) is 0 Å². The molecule has 1 rings (SSSR count). The zero-order chi connectivity index (χ0) is 10.0. The predicted octanol–water partition coefficient (Wildman–Crippen LogP) is 1.30. The lowest BCUT2D eigenvalue weighted by molar-refractivity contribution is 0.164. The highest BCUT2D eigenvalue weighted by Crippen LogP contribution is 2.27. The van der Waals surface area contributed by atoms with Gasteiger partial charge in [-0.2, -0.15) is 0 Å². The molecule has 0 aromatic heterocycles. The second-order valence-corrected chi connectivity index (χ2v) is 3.42. The average molecular weight is 201 g/mol. The van der Waals surface area contributed by atoms with Gasteiger partial charge in [0.05, 0.1) is 22.9 Å². The van der Waals surface area contributed by atoms with Crippen molar-refractivity contribution < 1.29 is 5.11 Å². The summed E-state index contributed by atoms with van der Waals surface area (Å²) in [6.45, 7) is 1.62. The molecule has 1 unspecified atom stereocenters. The van der Waals surface area contributed by atoms with Gasteiger partial charge < -0.3 is 16.6 Å². The summed E-state index contributed by atoms with van der Waals surface area (Å²) in [5.41, 5.74) is 12.5. The van der Waals surface area contributed by atoms with E-state index in [1.807, 2.05) is 0 Å². The average Bonchev–Trinajstić information content (AvgIpc) is 2.08. The van der Waals surface area contributed by atoms with E-state index in [1.54, 1.807) is 25.1 Å². The predicted molar refractivity (Wildman–Crippen MR) is 54.5 cm³/mol. The molecule has 0 saturated heterocycles. The number of benzene rings is 1. The SMILES string of the molecule is CC(O)[C@@H](N)c1cccc(Cl)c1N. The maximum Gasteiger partial charge on any atom is 0.0705 e. The molecule has 72 valence electrons. The minimum Gasteiger partial charge on any atom is -0.397 e. The highest BCUT2D eigenvalue weighted by Gasteiger charge is 2.15. The third kappa shape index (κ3) is 2.12. The molecule has 0 aliphatic carbocycles. The summed E-state index contributed by atoms with van der Waals surface area (Å²) in [7, 11) is 0. The Morgan fingerprint density at radius 2 is 2.08 bits per heavy atom. The third-order valence-corrected chi connectivity index (χ3v) is 2.30. The molecule has 1 aromatic carbocycles. The summed E-state index contributed by atoms with van der Waals surface area (Å²) < 4.78 is 0. The molecule has 13 heavy (non-hydrogen) atoms. The quantitative estimate of drug-likeness (QED) is 0.631. The first-order valence-electron chi connectivity index (χ1n) is 4.01. The zero-order valence-electron chi connectivity index (χ0n) is 7.37. The van der Waals surface area contributed by atoms with Crippen molar-refractivity contribution >= 4 is 17.3 Å². The van der Waals surface area contributed by atoms with E-state index in [-0.39, 0.29) is 0 Å². The smallest absolute Gasteiger partial charge is 0.0705 e. The van der Waals surface area contributed by atoms with E-state index < -0.39 is 12.1 Å². The van der Waals surface area contributed by atoms with Gasteiger partial charge in [0.25, 0.3) is 0 Å². The number of halogens is 1. The van der Waals surface area contributed by atoms with Gasteiger partial charge in [-0.15, -0.1) is 0 Å². The Morgan fingerprint density at radius 1 is 1.46 bits per heavy atom. The van der Waals surface area contributed by atoms with Gasteiger partial charge in [0, 0.05) is 0 Å². The van der Waals surface area contributed by atoms with Crippen molar-refractivity contribution in [2.45, 2.75) is 19.1 Å². The normalized spacial score (nSPS) is 15.4. The fourth-order valence-corrected chi connectivity index (χ4v) is 1.29. The molecule has 0 saturated carbocycles. The summed E-state index contributed by atoms with van der Waals surface area (Å²) in [4.78, 5) is 0. The molecule has 0 aliphatic heterocycles. The molecule has 0 heterocycles. The molecule has 4 heteroatoms. The number of hydrogen-bond donors (Lipinski definition) is 3. The van der Waals surface area contributed by atoms with Gasteiger partial charge in [-0.3, -0.25) is 0 Å². The number of aliphatic hydroxyl groups is 1. The van der Waals surface area contributed by atoms with Crippen LogP contribution >= 0.6 is 11.6 Å². The van der Waals surface area contributed by atoms with Crippen molar-refractivity contribution in [1.29, 1.82) is 0 Å². The number of anilines is 1. The van der Waals surface area contributed by atoms with Crippen LogP contribution in [0.2, 0.25) is 5.02 Å². The summed E-state index contributed by atoms with van der Waals surface area (Å²) in [5.74, 6) is 0. The van der Waals surface area contributed by atoms with Crippen molar-refractivity contribution in [2.75, 3.05) is 5.73 Å². The van der Waals surface area contributed by atoms with Crippen LogP contribution in [0.1, 0.15) is 18.5 Å². The second kappa shape index (κ2) is 3.96. The lowest BCUT2D eigenvalue weighted by Gasteiger charge is -2.17. The fraction of sp³-hybridized carbons (Fsp3) is 0.333. The first-order valence-corrected chi connectivity index (χ1v) is 4.39. The van der Waals surface area contributed by atoms with Gasteiger partial charge >= 0.3 is 0 Å². The van der Waals surface area contributed by atoms with Crippen LogP contribution in [0.4, 0.5) is 5.69 Å². The van der Waals surface area contributed by atoms with Gasteiger partial charge in [-0.25, -0.2) is 0 Å². The van der Waals surface area contributed by atoms with Gasteiger partial charge in [-0.05, 0) is 18.6 Å². The Balaban J connectivity index is 3.07. The Hall–Kier alpha value is -0.770. The van der Waals surface area contributed by atoms with Gasteiger partial charge in [0.15, 0.2) is 0 Å². The number of aliphatic hydroxyl groups excluding tert-OH is 1. The molecule has 3 nitrogen and oxygen atoms in total. The topological polar surface area (TPSA) is 72.3 Å². The number of nitrogen functional groups attached to an aromatic ring is 1. The second-order valence-electron chi connectivity index (χ2n) is 3.01. The zero-order valence-corrected chi connectivity index (χ0v) is 8.12. The number of hydrogen-bond acceptors (Lipinski definition) is 3. The Morgan fingerprint density at radius 3 is 2.62 bits per heavy atom. The van der Waals surface area contributed by atoms with Gasteiger partial charge in [0.1, 0.15) is 0 Å². The minimum absolute atomic E-state index is 0.442. The third-order valence-electron chi connectivity index (χ3n) is 1.97. The van der Waals surface area contributed by atoms with Crippen LogP contribution < -0.4 is 11.5 Å². The van der Waals surface area contributed by atoms with E-state index in [9.17, 15) is 5.11 Å². The van der Waals surface area contributed by atoms with Crippen molar-refractivity contribution in [3.63, 3.8) is 0 Å². The number of para-hydroxylation sites is 1. The Bertz CT molecular complexity index is 302. The molecule has 0 spiro atoms. The summed E-state index contributed by atoms with van der Waals surface area (Å²) in [6, 6.07) is 4.73.